The highest BCUT2D eigenvalue weighted by molar-refractivity contribution is 5.84. The van der Waals surface area contributed by atoms with Crippen molar-refractivity contribution in [1.82, 2.24) is 10.6 Å². The Morgan fingerprint density at radius 3 is 2.38 bits per heavy atom. The lowest BCUT2D eigenvalue weighted by Gasteiger charge is -2.39. The van der Waals surface area contributed by atoms with Gasteiger partial charge in [0.05, 0.1) is 11.5 Å². The first-order valence-corrected chi connectivity index (χ1v) is 8.12. The molecule has 2 rings (SSSR count). The molecule has 5 nitrogen and oxygen atoms in total. The van der Waals surface area contributed by atoms with Gasteiger partial charge in [-0.1, -0.05) is 33.1 Å². The Kier molecular flexibility index (Phi) is 4.91. The third-order valence-corrected chi connectivity index (χ3v) is 5.26. The van der Waals surface area contributed by atoms with Gasteiger partial charge in [-0.05, 0) is 37.6 Å². The van der Waals surface area contributed by atoms with Gasteiger partial charge in [0.25, 0.3) is 0 Å². The topological polar surface area (TPSA) is 78.4 Å². The van der Waals surface area contributed by atoms with Crippen LogP contribution in [0.2, 0.25) is 0 Å². The molecule has 3 N–H and O–H groups in total. The molecule has 120 valence electrons. The van der Waals surface area contributed by atoms with Gasteiger partial charge in [-0.2, -0.15) is 0 Å². The number of carbonyl (C=O) groups is 2. The minimum atomic E-state index is -0.765. The number of piperidine rings is 1. The first kappa shape index (κ1) is 16.3. The summed E-state index contributed by atoms with van der Waals surface area (Å²) < 4.78 is 0. The Labute approximate surface area is 126 Å². The summed E-state index contributed by atoms with van der Waals surface area (Å²) in [5, 5.41) is 15.7. The molecule has 0 radical (unpaired) electrons. The summed E-state index contributed by atoms with van der Waals surface area (Å²) in [6.45, 7) is 5.30. The highest BCUT2D eigenvalue weighted by Crippen LogP contribution is 2.36. The van der Waals surface area contributed by atoms with E-state index in [4.69, 9.17) is 0 Å². The number of nitrogens with one attached hydrogen (secondary N) is 2. The molecule has 1 atom stereocenters. The van der Waals surface area contributed by atoms with Gasteiger partial charge in [0.1, 0.15) is 0 Å². The predicted octanol–water partition coefficient (Wildman–Crippen LogP) is 1.92. The van der Waals surface area contributed by atoms with Crippen LogP contribution < -0.4 is 10.6 Å². The van der Waals surface area contributed by atoms with Crippen molar-refractivity contribution in [2.24, 2.45) is 10.8 Å². The number of rotatable bonds is 4. The summed E-state index contributed by atoms with van der Waals surface area (Å²) in [7, 11) is 0. The molecular weight excluding hydrogens is 268 g/mol. The van der Waals surface area contributed by atoms with Crippen molar-refractivity contribution in [3.05, 3.63) is 0 Å². The minimum absolute atomic E-state index is 0.0501. The molecule has 0 bridgehead atoms. The van der Waals surface area contributed by atoms with Gasteiger partial charge in [-0.15, -0.1) is 0 Å². The van der Waals surface area contributed by atoms with E-state index in [-0.39, 0.29) is 23.9 Å². The largest absolute Gasteiger partial charge is 0.481 e. The van der Waals surface area contributed by atoms with Crippen molar-refractivity contribution < 1.29 is 14.7 Å². The van der Waals surface area contributed by atoms with Crippen LogP contribution in [0.25, 0.3) is 0 Å². The van der Waals surface area contributed by atoms with Gasteiger partial charge in [0, 0.05) is 6.54 Å². The second-order valence-electron chi connectivity index (χ2n) is 7.34. The number of carbonyl (C=O) groups excluding carboxylic acids is 1. The minimum Gasteiger partial charge on any atom is -0.481 e. The molecule has 21 heavy (non-hydrogen) atoms. The fourth-order valence-corrected chi connectivity index (χ4v) is 3.71. The number of hydrogen-bond acceptors (Lipinski definition) is 3. The fourth-order valence-electron chi connectivity index (χ4n) is 3.71. The summed E-state index contributed by atoms with van der Waals surface area (Å²) >= 11 is 0. The summed E-state index contributed by atoms with van der Waals surface area (Å²) in [6, 6.07) is -0.222. The average molecular weight is 296 g/mol. The zero-order chi connectivity index (χ0) is 15.5. The molecule has 0 aromatic carbocycles. The molecule has 1 heterocycles. The van der Waals surface area contributed by atoms with Crippen molar-refractivity contribution >= 4 is 11.9 Å². The van der Waals surface area contributed by atoms with Gasteiger partial charge >= 0.3 is 5.97 Å². The van der Waals surface area contributed by atoms with Crippen LogP contribution in [0.3, 0.4) is 0 Å². The maximum atomic E-state index is 12.5. The molecule has 1 saturated heterocycles. The Morgan fingerprint density at radius 2 is 1.81 bits per heavy atom. The Bertz CT molecular complexity index is 400. The Morgan fingerprint density at radius 1 is 1.14 bits per heavy atom. The molecule has 2 fully saturated rings. The number of carboxylic acids is 1. The van der Waals surface area contributed by atoms with Crippen LogP contribution in [0.4, 0.5) is 0 Å². The smallest absolute Gasteiger partial charge is 0.311 e. The maximum Gasteiger partial charge on any atom is 0.311 e. The fraction of sp³-hybridized carbons (Fsp3) is 0.875. The van der Waals surface area contributed by atoms with Crippen LogP contribution in [0, 0.1) is 10.8 Å². The summed E-state index contributed by atoms with van der Waals surface area (Å²) in [5.41, 5.74) is -0.835. The lowest BCUT2D eigenvalue weighted by Crippen LogP contribution is -2.57. The highest BCUT2D eigenvalue weighted by Gasteiger charge is 2.42. The SMILES string of the molecule is CC1(C)CCCNC1C(=O)NCC1(C(=O)O)CCCCC1. The van der Waals surface area contributed by atoms with Gasteiger partial charge in [0.2, 0.25) is 5.91 Å². The van der Waals surface area contributed by atoms with Crippen LogP contribution >= 0.6 is 0 Å². The quantitative estimate of drug-likeness (QED) is 0.740. The van der Waals surface area contributed by atoms with Crippen molar-refractivity contribution in [1.29, 1.82) is 0 Å². The van der Waals surface area contributed by atoms with Crippen molar-refractivity contribution in [3.63, 3.8) is 0 Å². The van der Waals surface area contributed by atoms with Crippen LogP contribution in [0.5, 0.6) is 0 Å². The predicted molar refractivity (Wildman–Crippen MR) is 81.0 cm³/mol. The van der Waals surface area contributed by atoms with Gasteiger partial charge < -0.3 is 15.7 Å². The van der Waals surface area contributed by atoms with Crippen molar-refractivity contribution in [2.75, 3.05) is 13.1 Å². The lowest BCUT2D eigenvalue weighted by molar-refractivity contribution is -0.151. The van der Waals surface area contributed by atoms with Crippen LogP contribution in [0.1, 0.15) is 58.8 Å². The lowest BCUT2D eigenvalue weighted by atomic mass is 9.73. The molecule has 2 aliphatic rings. The second-order valence-corrected chi connectivity index (χ2v) is 7.34. The Balaban J connectivity index is 1.97. The van der Waals surface area contributed by atoms with Crippen molar-refractivity contribution in [2.45, 2.75) is 64.8 Å². The van der Waals surface area contributed by atoms with Gasteiger partial charge in [0.15, 0.2) is 0 Å². The number of amides is 1. The molecule has 0 spiro atoms. The molecular formula is C16H28N2O3. The molecule has 0 aromatic heterocycles. The average Bonchev–Trinajstić information content (AvgIpc) is 2.45. The number of aliphatic carboxylic acids is 1. The first-order valence-electron chi connectivity index (χ1n) is 8.12. The van der Waals surface area contributed by atoms with Crippen LogP contribution in [-0.4, -0.2) is 36.1 Å². The zero-order valence-electron chi connectivity index (χ0n) is 13.2. The van der Waals surface area contributed by atoms with E-state index in [1.54, 1.807) is 0 Å². The van der Waals surface area contributed by atoms with Crippen LogP contribution in [0.15, 0.2) is 0 Å². The normalized spacial score (nSPS) is 27.8. The zero-order valence-corrected chi connectivity index (χ0v) is 13.2. The molecule has 1 aliphatic heterocycles. The van der Waals surface area contributed by atoms with Gasteiger partial charge in [-0.3, -0.25) is 9.59 Å². The number of hydrogen-bond donors (Lipinski definition) is 3. The van der Waals surface area contributed by atoms with Crippen LogP contribution in [-0.2, 0) is 9.59 Å². The molecule has 5 heteroatoms. The Hall–Kier alpha value is -1.10. The van der Waals surface area contributed by atoms with E-state index in [0.29, 0.717) is 12.8 Å². The van der Waals surface area contributed by atoms with E-state index >= 15 is 0 Å². The summed E-state index contributed by atoms with van der Waals surface area (Å²) in [4.78, 5) is 24.1. The maximum absolute atomic E-state index is 12.5. The van der Waals surface area contributed by atoms with E-state index in [2.05, 4.69) is 24.5 Å². The van der Waals surface area contributed by atoms with E-state index in [1.807, 2.05) is 0 Å². The second kappa shape index (κ2) is 6.34. The monoisotopic (exact) mass is 296 g/mol. The molecule has 1 saturated carbocycles. The van der Waals surface area contributed by atoms with Gasteiger partial charge in [-0.25, -0.2) is 0 Å². The van der Waals surface area contributed by atoms with E-state index in [1.165, 1.54) is 0 Å². The third kappa shape index (κ3) is 3.57. The van der Waals surface area contributed by atoms with E-state index in [9.17, 15) is 14.7 Å². The highest BCUT2D eigenvalue weighted by atomic mass is 16.4. The standard InChI is InChI=1S/C16H28N2O3/c1-15(2)7-6-10-17-12(15)13(19)18-11-16(14(20)21)8-4-3-5-9-16/h12,17H,3-11H2,1-2H3,(H,18,19)(H,20,21). The summed E-state index contributed by atoms with van der Waals surface area (Å²) in [5.74, 6) is -0.815. The third-order valence-electron chi connectivity index (χ3n) is 5.26. The molecule has 1 aliphatic carbocycles. The molecule has 0 aromatic rings. The first-order chi connectivity index (χ1) is 9.87. The van der Waals surface area contributed by atoms with Crippen molar-refractivity contribution in [3.8, 4) is 0 Å². The number of carboxylic acid groups (broad SMARTS) is 1. The molecule has 1 unspecified atom stereocenters. The van der Waals surface area contributed by atoms with E-state index in [0.717, 1.165) is 38.6 Å². The molecule has 1 amide bonds. The summed E-state index contributed by atoms with van der Waals surface area (Å²) in [6.07, 6.45) is 6.41. The van der Waals surface area contributed by atoms with E-state index < -0.39 is 11.4 Å².